The Balaban J connectivity index is 2.07. The second-order valence-electron chi connectivity index (χ2n) is 8.41. The number of nitrogens with zero attached hydrogens (tertiary/aromatic N) is 1. The molecule has 26 heavy (non-hydrogen) atoms. The zero-order valence-electron chi connectivity index (χ0n) is 16.7. The molecule has 0 radical (unpaired) electrons. The van der Waals surface area contributed by atoms with Gasteiger partial charge in [-0.2, -0.15) is 0 Å². The van der Waals surface area contributed by atoms with E-state index < -0.39 is 11.5 Å². The summed E-state index contributed by atoms with van der Waals surface area (Å²) in [6.07, 6.45) is 5.98. The Morgan fingerprint density at radius 1 is 1.31 bits per heavy atom. The van der Waals surface area contributed by atoms with E-state index in [1.807, 2.05) is 0 Å². The van der Waals surface area contributed by atoms with Crippen LogP contribution in [0.25, 0.3) is 0 Å². The molecule has 0 fully saturated rings. The minimum atomic E-state index is -1.09. The van der Waals surface area contributed by atoms with Crippen molar-refractivity contribution in [3.8, 4) is 0 Å². The molecule has 1 aliphatic rings. The van der Waals surface area contributed by atoms with Gasteiger partial charge in [-0.3, -0.25) is 9.69 Å². The van der Waals surface area contributed by atoms with Crippen LogP contribution in [0.3, 0.4) is 0 Å². The molecule has 0 bridgehead atoms. The number of nitrogens with two attached hydrogens (primary N) is 1. The SMILES string of the molecule is BCCCCC(N)(CCC1Cc2ccccc2CN1CC(C)C)C(=O)O. The van der Waals surface area contributed by atoms with Gasteiger partial charge in [0.15, 0.2) is 0 Å². The maximum atomic E-state index is 11.8. The number of benzene rings is 1. The number of rotatable bonds is 10. The average Bonchev–Trinajstić information content (AvgIpc) is 2.59. The van der Waals surface area contributed by atoms with Crippen molar-refractivity contribution in [3.05, 3.63) is 35.4 Å². The van der Waals surface area contributed by atoms with Gasteiger partial charge >= 0.3 is 5.97 Å². The number of carbonyl (C=O) groups is 1. The maximum absolute atomic E-state index is 11.8. The van der Waals surface area contributed by atoms with Crippen LogP contribution in [0.4, 0.5) is 0 Å². The van der Waals surface area contributed by atoms with Gasteiger partial charge in [-0.1, -0.05) is 57.3 Å². The van der Waals surface area contributed by atoms with Gasteiger partial charge in [-0.25, -0.2) is 0 Å². The first kappa shape index (κ1) is 21.0. The molecule has 1 heterocycles. The molecule has 3 N–H and O–H groups in total. The second kappa shape index (κ2) is 9.56. The highest BCUT2D eigenvalue weighted by atomic mass is 16.4. The van der Waals surface area contributed by atoms with Gasteiger partial charge < -0.3 is 10.8 Å². The van der Waals surface area contributed by atoms with E-state index in [1.54, 1.807) is 0 Å². The van der Waals surface area contributed by atoms with Crippen molar-refractivity contribution in [2.24, 2.45) is 11.7 Å². The topological polar surface area (TPSA) is 66.6 Å². The molecule has 5 heteroatoms. The summed E-state index contributed by atoms with van der Waals surface area (Å²) in [5.41, 5.74) is 8.05. The summed E-state index contributed by atoms with van der Waals surface area (Å²) in [7, 11) is 2.13. The minimum absolute atomic E-state index is 0.376. The van der Waals surface area contributed by atoms with E-state index in [9.17, 15) is 9.90 Å². The Morgan fingerprint density at radius 3 is 2.62 bits per heavy atom. The highest BCUT2D eigenvalue weighted by Crippen LogP contribution is 2.29. The summed E-state index contributed by atoms with van der Waals surface area (Å²) < 4.78 is 0. The zero-order valence-corrected chi connectivity index (χ0v) is 16.7. The third kappa shape index (κ3) is 5.58. The molecule has 1 aromatic rings. The van der Waals surface area contributed by atoms with Gasteiger partial charge in [-0.15, -0.1) is 0 Å². The van der Waals surface area contributed by atoms with Crippen molar-refractivity contribution in [1.82, 2.24) is 4.90 Å². The van der Waals surface area contributed by atoms with Crippen molar-refractivity contribution in [2.75, 3.05) is 6.54 Å². The summed E-state index contributed by atoms with van der Waals surface area (Å²) in [5.74, 6) is -0.255. The molecule has 1 aliphatic heterocycles. The van der Waals surface area contributed by atoms with Crippen LogP contribution in [0.5, 0.6) is 0 Å². The van der Waals surface area contributed by atoms with E-state index in [1.165, 1.54) is 11.1 Å². The summed E-state index contributed by atoms with van der Waals surface area (Å²) in [4.78, 5) is 14.3. The Bertz CT molecular complexity index is 593. The third-order valence-corrected chi connectivity index (χ3v) is 5.64. The third-order valence-electron chi connectivity index (χ3n) is 5.64. The minimum Gasteiger partial charge on any atom is -0.480 e. The number of carboxylic acids is 1. The van der Waals surface area contributed by atoms with Crippen molar-refractivity contribution >= 4 is 13.8 Å². The van der Waals surface area contributed by atoms with Crippen molar-refractivity contribution in [3.63, 3.8) is 0 Å². The van der Waals surface area contributed by atoms with Gasteiger partial charge in [0.25, 0.3) is 0 Å². The quantitative estimate of drug-likeness (QED) is 0.499. The monoisotopic (exact) mass is 358 g/mol. The normalized spacial score (nSPS) is 19.9. The predicted octanol–water partition coefficient (Wildman–Crippen LogP) is 2.85. The molecule has 0 spiro atoms. The van der Waals surface area contributed by atoms with Crippen molar-refractivity contribution in [2.45, 2.75) is 76.8 Å². The highest BCUT2D eigenvalue weighted by molar-refractivity contribution is 6.08. The van der Waals surface area contributed by atoms with Gasteiger partial charge in [0.2, 0.25) is 0 Å². The molecule has 0 aromatic heterocycles. The molecule has 2 atom stereocenters. The second-order valence-corrected chi connectivity index (χ2v) is 8.41. The lowest BCUT2D eigenvalue weighted by Crippen LogP contribution is -2.50. The van der Waals surface area contributed by atoms with Gasteiger partial charge in [0.1, 0.15) is 13.4 Å². The molecule has 144 valence electrons. The van der Waals surface area contributed by atoms with Crippen LogP contribution in [0, 0.1) is 5.92 Å². The first-order chi connectivity index (χ1) is 12.4. The highest BCUT2D eigenvalue weighted by Gasteiger charge is 2.35. The van der Waals surface area contributed by atoms with Crippen molar-refractivity contribution < 1.29 is 9.90 Å². The Hall–Kier alpha value is -1.33. The number of aliphatic carboxylic acids is 1. The molecule has 0 aliphatic carbocycles. The van der Waals surface area contributed by atoms with E-state index >= 15 is 0 Å². The predicted molar refractivity (Wildman–Crippen MR) is 110 cm³/mol. The van der Waals surface area contributed by atoms with Gasteiger partial charge in [-0.05, 0) is 42.7 Å². The van der Waals surface area contributed by atoms with Gasteiger partial charge in [0, 0.05) is 19.1 Å². The lowest BCUT2D eigenvalue weighted by atomic mass is 9.83. The van der Waals surface area contributed by atoms with Crippen LogP contribution in [0.2, 0.25) is 6.32 Å². The van der Waals surface area contributed by atoms with Crippen LogP contribution >= 0.6 is 0 Å². The average molecular weight is 358 g/mol. The molecular weight excluding hydrogens is 323 g/mol. The molecule has 4 nitrogen and oxygen atoms in total. The van der Waals surface area contributed by atoms with Crippen LogP contribution in [0.1, 0.15) is 57.1 Å². The molecule has 1 aromatic carbocycles. The van der Waals surface area contributed by atoms with Gasteiger partial charge in [0.05, 0.1) is 0 Å². The van der Waals surface area contributed by atoms with E-state index in [4.69, 9.17) is 5.73 Å². The number of carboxylic acid groups (broad SMARTS) is 1. The Kier molecular flexibility index (Phi) is 7.72. The number of fused-ring (bicyclic) bond motifs is 1. The molecule has 0 amide bonds. The smallest absolute Gasteiger partial charge is 0.323 e. The number of unbranched alkanes of at least 4 members (excludes halogenated alkanes) is 1. The summed E-state index contributed by atoms with van der Waals surface area (Å²) in [5, 5.41) is 9.69. The van der Waals surface area contributed by atoms with E-state index in [2.05, 4.69) is 50.9 Å². The summed E-state index contributed by atoms with van der Waals surface area (Å²) >= 11 is 0. The van der Waals surface area contributed by atoms with Crippen LogP contribution in [-0.2, 0) is 17.8 Å². The Labute approximate surface area is 159 Å². The first-order valence-electron chi connectivity index (χ1n) is 10.2. The molecule has 2 rings (SSSR count). The number of hydrogen-bond donors (Lipinski definition) is 2. The molecule has 2 unspecified atom stereocenters. The van der Waals surface area contributed by atoms with E-state index in [0.717, 1.165) is 45.1 Å². The van der Waals surface area contributed by atoms with Crippen LogP contribution in [-0.4, -0.2) is 41.9 Å². The zero-order chi connectivity index (χ0) is 19.2. The molecule has 0 saturated carbocycles. The molecular formula is C21H35BN2O2. The summed E-state index contributed by atoms with van der Waals surface area (Å²) in [6, 6.07) is 9.01. The van der Waals surface area contributed by atoms with E-state index in [0.29, 0.717) is 24.8 Å². The maximum Gasteiger partial charge on any atom is 0.323 e. The largest absolute Gasteiger partial charge is 0.480 e. The number of hydrogen-bond acceptors (Lipinski definition) is 3. The molecule has 0 saturated heterocycles. The first-order valence-corrected chi connectivity index (χ1v) is 10.2. The fourth-order valence-corrected chi connectivity index (χ4v) is 4.06. The van der Waals surface area contributed by atoms with Crippen LogP contribution < -0.4 is 5.73 Å². The fourth-order valence-electron chi connectivity index (χ4n) is 4.06. The standard InChI is InChI=1S/C21H35BN2O2/c1-16(2)14-24-15-18-8-4-3-7-17(18)13-19(24)9-11-21(23,20(25)26)10-5-6-12-22/h3-4,7-8,16,19H,5-6,9-15,22-23H2,1-2H3,(H,25,26). The van der Waals surface area contributed by atoms with E-state index in [-0.39, 0.29) is 0 Å². The van der Waals surface area contributed by atoms with Crippen molar-refractivity contribution in [1.29, 1.82) is 0 Å². The Morgan fingerprint density at radius 2 is 2.00 bits per heavy atom. The lowest BCUT2D eigenvalue weighted by Gasteiger charge is -2.39. The lowest BCUT2D eigenvalue weighted by molar-refractivity contribution is -0.144. The van der Waals surface area contributed by atoms with Crippen LogP contribution in [0.15, 0.2) is 24.3 Å². The fraction of sp³-hybridized carbons (Fsp3) is 0.667. The summed E-state index contributed by atoms with van der Waals surface area (Å²) in [6.45, 7) is 6.48.